The standard InChI is InChI=1S/C16H32O10/c1-16(2,3)4-7(19)10(21)14(8(20)5-17)26-15-13(24)12(23)11(22)9(6-18)25-15/h7-15,17-24H,4-6H2,1-3H3/t7-,8+,9+,10+,11-,12-,13+,14-,15+/m0/s1. The van der Waals surface area contributed by atoms with E-state index in [1.54, 1.807) is 0 Å². The van der Waals surface area contributed by atoms with Crippen LogP contribution in [0.4, 0.5) is 0 Å². The van der Waals surface area contributed by atoms with Crippen molar-refractivity contribution in [2.45, 2.75) is 82.3 Å². The summed E-state index contributed by atoms with van der Waals surface area (Å²) >= 11 is 0. The fourth-order valence-electron chi connectivity index (χ4n) is 2.80. The first-order chi connectivity index (χ1) is 11.9. The third-order valence-electron chi connectivity index (χ3n) is 4.26. The molecule has 0 aromatic rings. The van der Waals surface area contributed by atoms with Gasteiger partial charge in [-0.3, -0.25) is 0 Å². The van der Waals surface area contributed by atoms with Crippen LogP contribution in [0.3, 0.4) is 0 Å². The number of ether oxygens (including phenoxy) is 2. The van der Waals surface area contributed by atoms with Crippen molar-refractivity contribution in [1.29, 1.82) is 0 Å². The summed E-state index contributed by atoms with van der Waals surface area (Å²) in [4.78, 5) is 0. The summed E-state index contributed by atoms with van der Waals surface area (Å²) in [5.74, 6) is 0. The molecular formula is C16H32O10. The largest absolute Gasteiger partial charge is 0.394 e. The summed E-state index contributed by atoms with van der Waals surface area (Å²) in [5, 5.41) is 78.4. The Kier molecular flexibility index (Phi) is 8.81. The second kappa shape index (κ2) is 9.69. The summed E-state index contributed by atoms with van der Waals surface area (Å²) in [7, 11) is 0. The highest BCUT2D eigenvalue weighted by molar-refractivity contribution is 4.91. The Labute approximate surface area is 152 Å². The Hall–Kier alpha value is -0.400. The van der Waals surface area contributed by atoms with Gasteiger partial charge in [0, 0.05) is 0 Å². The molecule has 0 aromatic carbocycles. The zero-order chi connectivity index (χ0) is 20.2. The van der Waals surface area contributed by atoms with Crippen LogP contribution in [0.5, 0.6) is 0 Å². The molecule has 0 aromatic heterocycles. The number of rotatable bonds is 8. The minimum atomic E-state index is -1.74. The second-order valence-electron chi connectivity index (χ2n) is 7.87. The molecule has 1 saturated heterocycles. The molecule has 0 saturated carbocycles. The lowest BCUT2D eigenvalue weighted by molar-refractivity contribution is -0.327. The molecule has 0 aliphatic carbocycles. The van der Waals surface area contributed by atoms with E-state index in [1.165, 1.54) is 0 Å². The van der Waals surface area contributed by atoms with Crippen LogP contribution in [0.2, 0.25) is 0 Å². The van der Waals surface area contributed by atoms with Crippen molar-refractivity contribution in [1.82, 2.24) is 0 Å². The minimum absolute atomic E-state index is 0.154. The van der Waals surface area contributed by atoms with Crippen LogP contribution >= 0.6 is 0 Å². The van der Waals surface area contributed by atoms with E-state index in [9.17, 15) is 40.9 Å². The van der Waals surface area contributed by atoms with Crippen molar-refractivity contribution < 1.29 is 50.3 Å². The maximum atomic E-state index is 10.4. The first-order valence-corrected chi connectivity index (χ1v) is 8.54. The summed E-state index contributed by atoms with van der Waals surface area (Å²) < 4.78 is 10.5. The van der Waals surface area contributed by atoms with Crippen LogP contribution in [0, 0.1) is 5.41 Å². The highest BCUT2D eigenvalue weighted by Gasteiger charge is 2.46. The van der Waals surface area contributed by atoms with Crippen LogP contribution in [-0.2, 0) is 9.47 Å². The van der Waals surface area contributed by atoms with E-state index < -0.39 is 68.3 Å². The fourth-order valence-corrected chi connectivity index (χ4v) is 2.80. The van der Waals surface area contributed by atoms with Gasteiger partial charge >= 0.3 is 0 Å². The first-order valence-electron chi connectivity index (χ1n) is 8.54. The lowest BCUT2D eigenvalue weighted by atomic mass is 9.86. The number of hydrogen-bond acceptors (Lipinski definition) is 10. The molecule has 9 atom stereocenters. The second-order valence-corrected chi connectivity index (χ2v) is 7.87. The SMILES string of the molecule is CC(C)(C)C[C@H](O)[C@@H](O)[C@@H](O[C@H]1O[C@H](CO)[C@H](O)[C@H](O)[C@H]1O)[C@H](O)CO. The zero-order valence-corrected chi connectivity index (χ0v) is 15.2. The average Bonchev–Trinajstić information content (AvgIpc) is 2.56. The molecule has 10 heteroatoms. The molecule has 156 valence electrons. The Balaban J connectivity index is 2.93. The van der Waals surface area contributed by atoms with Gasteiger partial charge in [0.1, 0.15) is 42.7 Å². The van der Waals surface area contributed by atoms with E-state index in [0.717, 1.165) is 0 Å². The van der Waals surface area contributed by atoms with Gasteiger partial charge in [0.15, 0.2) is 6.29 Å². The van der Waals surface area contributed by atoms with Crippen molar-refractivity contribution in [3.63, 3.8) is 0 Å². The highest BCUT2D eigenvalue weighted by atomic mass is 16.7. The van der Waals surface area contributed by atoms with Crippen molar-refractivity contribution in [2.75, 3.05) is 13.2 Å². The van der Waals surface area contributed by atoms with Crippen LogP contribution in [0.15, 0.2) is 0 Å². The summed E-state index contributed by atoms with van der Waals surface area (Å²) in [6, 6.07) is 0. The number of aliphatic hydroxyl groups excluding tert-OH is 8. The van der Waals surface area contributed by atoms with Crippen LogP contribution in [-0.4, -0.2) is 109 Å². The highest BCUT2D eigenvalue weighted by Crippen LogP contribution is 2.27. The van der Waals surface area contributed by atoms with Crippen molar-refractivity contribution in [2.24, 2.45) is 5.41 Å². The first kappa shape index (κ1) is 23.6. The van der Waals surface area contributed by atoms with Gasteiger partial charge in [-0.15, -0.1) is 0 Å². The molecular weight excluding hydrogens is 352 g/mol. The molecule has 0 unspecified atom stereocenters. The summed E-state index contributed by atoms with van der Waals surface area (Å²) in [6.45, 7) is 4.02. The maximum Gasteiger partial charge on any atom is 0.187 e. The molecule has 0 radical (unpaired) electrons. The van der Waals surface area contributed by atoms with Crippen LogP contribution in [0.1, 0.15) is 27.2 Å². The molecule has 0 amide bonds. The maximum absolute atomic E-state index is 10.4. The van der Waals surface area contributed by atoms with E-state index in [2.05, 4.69) is 0 Å². The topological polar surface area (TPSA) is 180 Å². The van der Waals surface area contributed by atoms with Gasteiger partial charge in [-0.2, -0.15) is 0 Å². The molecule has 0 spiro atoms. The van der Waals surface area contributed by atoms with Gasteiger partial charge in [-0.1, -0.05) is 20.8 Å². The molecule has 10 nitrogen and oxygen atoms in total. The zero-order valence-electron chi connectivity index (χ0n) is 15.2. The predicted molar refractivity (Wildman–Crippen MR) is 87.8 cm³/mol. The van der Waals surface area contributed by atoms with Gasteiger partial charge in [0.05, 0.1) is 19.3 Å². The van der Waals surface area contributed by atoms with E-state index in [4.69, 9.17) is 9.47 Å². The van der Waals surface area contributed by atoms with Crippen LogP contribution in [0.25, 0.3) is 0 Å². The summed E-state index contributed by atoms with van der Waals surface area (Å²) in [6.07, 6.45) is -13.9. The van der Waals surface area contributed by atoms with E-state index >= 15 is 0 Å². The molecule has 26 heavy (non-hydrogen) atoms. The number of hydrogen-bond donors (Lipinski definition) is 8. The molecule has 1 heterocycles. The molecule has 8 N–H and O–H groups in total. The Morgan fingerprint density at radius 1 is 0.923 bits per heavy atom. The smallest absolute Gasteiger partial charge is 0.187 e. The number of aliphatic hydroxyl groups is 8. The monoisotopic (exact) mass is 384 g/mol. The quantitative estimate of drug-likeness (QED) is 0.211. The molecule has 1 aliphatic heterocycles. The average molecular weight is 384 g/mol. The third-order valence-corrected chi connectivity index (χ3v) is 4.26. The normalized spacial score (nSPS) is 35.0. The molecule has 1 aliphatic rings. The van der Waals surface area contributed by atoms with Gasteiger partial charge < -0.3 is 50.3 Å². The fraction of sp³-hybridized carbons (Fsp3) is 1.00. The molecule has 0 bridgehead atoms. The predicted octanol–water partition coefficient (Wildman–Crippen LogP) is -3.32. The Morgan fingerprint density at radius 2 is 1.50 bits per heavy atom. The van der Waals surface area contributed by atoms with E-state index in [1.807, 2.05) is 20.8 Å². The minimum Gasteiger partial charge on any atom is -0.394 e. The van der Waals surface area contributed by atoms with Crippen molar-refractivity contribution >= 4 is 0 Å². The lowest BCUT2D eigenvalue weighted by Crippen LogP contribution is -2.61. The van der Waals surface area contributed by atoms with E-state index in [0.29, 0.717) is 0 Å². The van der Waals surface area contributed by atoms with Gasteiger partial charge in [-0.05, 0) is 11.8 Å². The van der Waals surface area contributed by atoms with Crippen molar-refractivity contribution in [3.05, 3.63) is 0 Å². The van der Waals surface area contributed by atoms with E-state index in [-0.39, 0.29) is 11.8 Å². The van der Waals surface area contributed by atoms with Gasteiger partial charge in [0.25, 0.3) is 0 Å². The lowest BCUT2D eigenvalue weighted by Gasteiger charge is -2.42. The van der Waals surface area contributed by atoms with Crippen LogP contribution < -0.4 is 0 Å². The Bertz CT molecular complexity index is 412. The van der Waals surface area contributed by atoms with Gasteiger partial charge in [-0.25, -0.2) is 0 Å². The molecule has 1 fully saturated rings. The third kappa shape index (κ3) is 6.06. The molecule has 1 rings (SSSR count). The summed E-state index contributed by atoms with van der Waals surface area (Å²) in [5.41, 5.74) is -0.349. The Morgan fingerprint density at radius 3 is 1.96 bits per heavy atom. The van der Waals surface area contributed by atoms with Crippen molar-refractivity contribution in [3.8, 4) is 0 Å². The van der Waals surface area contributed by atoms with Gasteiger partial charge in [0.2, 0.25) is 0 Å².